The number of nitrogens with zero attached hydrogens (tertiary/aromatic N) is 3. The molecule has 3 heterocycles. The highest BCUT2D eigenvalue weighted by atomic mass is 16.5. The van der Waals surface area contributed by atoms with E-state index < -0.39 is 0 Å². The lowest BCUT2D eigenvalue weighted by Crippen LogP contribution is -2.40. The number of H-pyrrole nitrogens is 1. The van der Waals surface area contributed by atoms with Gasteiger partial charge in [-0.15, -0.1) is 0 Å². The Bertz CT molecular complexity index is 890. The van der Waals surface area contributed by atoms with Gasteiger partial charge in [-0.3, -0.25) is 4.79 Å². The first kappa shape index (κ1) is 15.4. The molecule has 2 aromatic heterocycles. The van der Waals surface area contributed by atoms with Crippen LogP contribution in [0.15, 0.2) is 42.9 Å². The van der Waals surface area contributed by atoms with Gasteiger partial charge in [0.05, 0.1) is 12.5 Å². The molecule has 0 radical (unpaired) electrons. The number of amides is 1. The number of aromatic amines is 1. The van der Waals surface area contributed by atoms with Crippen LogP contribution in [-0.4, -0.2) is 40.6 Å². The van der Waals surface area contributed by atoms with Crippen molar-refractivity contribution in [3.63, 3.8) is 0 Å². The van der Waals surface area contributed by atoms with Crippen LogP contribution in [0.4, 0.5) is 11.5 Å². The largest absolute Gasteiger partial charge is 0.497 e. The highest BCUT2D eigenvalue weighted by Crippen LogP contribution is 2.29. The van der Waals surface area contributed by atoms with Crippen LogP contribution in [0, 0.1) is 0 Å². The Kier molecular flexibility index (Phi) is 3.97. The zero-order valence-electron chi connectivity index (χ0n) is 13.9. The smallest absolute Gasteiger partial charge is 0.247 e. The van der Waals surface area contributed by atoms with E-state index in [1.165, 1.54) is 6.33 Å². The topological polar surface area (TPSA) is 83.1 Å². The molecular formula is C18H19N5O2. The third-order valence-electron chi connectivity index (χ3n) is 4.52. The fourth-order valence-corrected chi connectivity index (χ4v) is 3.28. The van der Waals surface area contributed by atoms with Crippen LogP contribution in [0.1, 0.15) is 12.8 Å². The maximum absolute atomic E-state index is 12.8. The van der Waals surface area contributed by atoms with Gasteiger partial charge < -0.3 is 19.9 Å². The molecule has 2 N–H and O–H groups in total. The Hall–Kier alpha value is -3.09. The van der Waals surface area contributed by atoms with Crippen molar-refractivity contribution >= 4 is 28.4 Å². The predicted molar refractivity (Wildman–Crippen MR) is 95.9 cm³/mol. The Balaban J connectivity index is 1.56. The molecule has 0 bridgehead atoms. The number of anilines is 2. The van der Waals surface area contributed by atoms with Gasteiger partial charge in [0, 0.05) is 18.4 Å². The van der Waals surface area contributed by atoms with Crippen molar-refractivity contribution in [2.45, 2.75) is 18.9 Å². The van der Waals surface area contributed by atoms with E-state index >= 15 is 0 Å². The molecule has 1 aromatic carbocycles. The van der Waals surface area contributed by atoms with E-state index in [0.717, 1.165) is 47.7 Å². The molecule has 25 heavy (non-hydrogen) atoms. The molecule has 7 nitrogen and oxygen atoms in total. The summed E-state index contributed by atoms with van der Waals surface area (Å²) in [6.07, 6.45) is 5.13. The normalized spacial score (nSPS) is 17.0. The van der Waals surface area contributed by atoms with Gasteiger partial charge in [0.15, 0.2) is 0 Å². The van der Waals surface area contributed by atoms with Crippen LogP contribution in [0.3, 0.4) is 0 Å². The number of fused-ring (bicyclic) bond motifs is 1. The number of hydrogen-bond acceptors (Lipinski definition) is 5. The number of benzene rings is 1. The molecule has 1 atom stereocenters. The lowest BCUT2D eigenvalue weighted by Gasteiger charge is -2.25. The van der Waals surface area contributed by atoms with Gasteiger partial charge in [-0.1, -0.05) is 0 Å². The fraction of sp³-hybridized carbons (Fsp3) is 0.278. The maximum atomic E-state index is 12.8. The first-order chi connectivity index (χ1) is 12.3. The summed E-state index contributed by atoms with van der Waals surface area (Å²) in [6, 6.07) is 9.04. The standard InChI is InChI=1S/C18H19N5O2/c1-25-13-6-4-12(5-7-13)22-18(24)15-3-2-10-23(15)17-14-8-9-19-16(14)20-11-21-17/h4-9,11,15H,2-3,10H2,1H3,(H,22,24)(H,19,20,21). The van der Waals surface area contributed by atoms with Crippen LogP contribution in [-0.2, 0) is 4.79 Å². The highest BCUT2D eigenvalue weighted by molar-refractivity contribution is 5.99. The molecule has 1 aliphatic heterocycles. The summed E-state index contributed by atoms with van der Waals surface area (Å²) in [5.74, 6) is 1.54. The van der Waals surface area contributed by atoms with Gasteiger partial charge in [0.1, 0.15) is 29.6 Å². The number of ether oxygens (including phenoxy) is 1. The summed E-state index contributed by atoms with van der Waals surface area (Å²) < 4.78 is 5.14. The van der Waals surface area contributed by atoms with Crippen molar-refractivity contribution in [1.82, 2.24) is 15.0 Å². The summed E-state index contributed by atoms with van der Waals surface area (Å²) in [4.78, 5) is 26.6. The molecule has 0 aliphatic carbocycles. The number of carbonyl (C=O) groups is 1. The van der Waals surface area contributed by atoms with Gasteiger partial charge in [-0.2, -0.15) is 0 Å². The minimum absolute atomic E-state index is 0.0232. The first-order valence-corrected chi connectivity index (χ1v) is 8.26. The van der Waals surface area contributed by atoms with E-state index in [1.54, 1.807) is 7.11 Å². The minimum atomic E-state index is -0.241. The molecule has 1 aliphatic rings. The monoisotopic (exact) mass is 337 g/mol. The molecule has 128 valence electrons. The first-order valence-electron chi connectivity index (χ1n) is 8.26. The van der Waals surface area contributed by atoms with E-state index in [-0.39, 0.29) is 11.9 Å². The minimum Gasteiger partial charge on any atom is -0.497 e. The number of aromatic nitrogens is 3. The van der Waals surface area contributed by atoms with Crippen LogP contribution in [0.5, 0.6) is 5.75 Å². The molecule has 4 rings (SSSR count). The number of rotatable bonds is 4. The van der Waals surface area contributed by atoms with Crippen LogP contribution in [0.25, 0.3) is 11.0 Å². The third-order valence-corrected chi connectivity index (χ3v) is 4.52. The third kappa shape index (κ3) is 2.88. The quantitative estimate of drug-likeness (QED) is 0.764. The Labute approximate surface area is 145 Å². The molecule has 0 spiro atoms. The summed E-state index contributed by atoms with van der Waals surface area (Å²) >= 11 is 0. The van der Waals surface area contributed by atoms with Gasteiger partial charge in [0.25, 0.3) is 0 Å². The molecule has 1 saturated heterocycles. The highest BCUT2D eigenvalue weighted by Gasteiger charge is 2.32. The van der Waals surface area contributed by atoms with Crippen molar-refractivity contribution in [2.24, 2.45) is 0 Å². The van der Waals surface area contributed by atoms with Crippen LogP contribution >= 0.6 is 0 Å². The number of hydrogen-bond donors (Lipinski definition) is 2. The summed E-state index contributed by atoms with van der Waals surface area (Å²) in [7, 11) is 1.62. The van der Waals surface area contributed by atoms with Gasteiger partial charge in [-0.05, 0) is 43.2 Å². The van der Waals surface area contributed by atoms with Crippen LogP contribution < -0.4 is 15.0 Å². The average molecular weight is 337 g/mol. The zero-order chi connectivity index (χ0) is 17.2. The Morgan fingerprint density at radius 3 is 2.92 bits per heavy atom. The van der Waals surface area contributed by atoms with Crippen molar-refractivity contribution < 1.29 is 9.53 Å². The number of nitrogens with one attached hydrogen (secondary N) is 2. The molecule has 1 fully saturated rings. The van der Waals surface area contributed by atoms with E-state index in [0.29, 0.717) is 0 Å². The van der Waals surface area contributed by atoms with E-state index in [4.69, 9.17) is 4.74 Å². The Morgan fingerprint density at radius 2 is 2.12 bits per heavy atom. The van der Waals surface area contributed by atoms with Gasteiger partial charge >= 0.3 is 0 Å². The van der Waals surface area contributed by atoms with E-state index in [9.17, 15) is 4.79 Å². The second-order valence-electron chi connectivity index (χ2n) is 6.01. The van der Waals surface area contributed by atoms with Gasteiger partial charge in [-0.25, -0.2) is 9.97 Å². The van der Waals surface area contributed by atoms with Crippen molar-refractivity contribution in [3.05, 3.63) is 42.9 Å². The lowest BCUT2D eigenvalue weighted by atomic mass is 10.2. The molecule has 0 saturated carbocycles. The molecule has 1 amide bonds. The van der Waals surface area contributed by atoms with Crippen molar-refractivity contribution in [3.8, 4) is 5.75 Å². The number of methoxy groups -OCH3 is 1. The predicted octanol–water partition coefficient (Wildman–Crippen LogP) is 2.57. The van der Waals surface area contributed by atoms with Crippen molar-refractivity contribution in [1.29, 1.82) is 0 Å². The SMILES string of the molecule is COc1ccc(NC(=O)C2CCCN2c2ncnc3[nH]ccc23)cc1. The van der Waals surface area contributed by atoms with E-state index in [1.807, 2.05) is 36.5 Å². The molecule has 3 aromatic rings. The van der Waals surface area contributed by atoms with Gasteiger partial charge in [0.2, 0.25) is 5.91 Å². The summed E-state index contributed by atoms with van der Waals surface area (Å²) in [6.45, 7) is 0.804. The van der Waals surface area contributed by atoms with Crippen LogP contribution in [0.2, 0.25) is 0 Å². The second-order valence-corrected chi connectivity index (χ2v) is 6.01. The fourth-order valence-electron chi connectivity index (χ4n) is 3.28. The van der Waals surface area contributed by atoms with E-state index in [2.05, 4.69) is 25.2 Å². The molecule has 1 unspecified atom stereocenters. The number of carbonyl (C=O) groups excluding carboxylic acids is 1. The second kappa shape index (κ2) is 6.43. The zero-order valence-corrected chi connectivity index (χ0v) is 13.9. The molecule has 7 heteroatoms. The average Bonchev–Trinajstić information content (AvgIpc) is 3.31. The summed E-state index contributed by atoms with van der Waals surface area (Å²) in [5, 5.41) is 3.93. The Morgan fingerprint density at radius 1 is 1.28 bits per heavy atom. The maximum Gasteiger partial charge on any atom is 0.247 e. The summed E-state index contributed by atoms with van der Waals surface area (Å²) in [5.41, 5.74) is 1.54. The van der Waals surface area contributed by atoms with Crippen molar-refractivity contribution in [2.75, 3.05) is 23.9 Å². The molecular weight excluding hydrogens is 318 g/mol. The lowest BCUT2D eigenvalue weighted by molar-refractivity contribution is -0.117.